The van der Waals surface area contributed by atoms with E-state index in [1.165, 1.54) is 18.2 Å². The quantitative estimate of drug-likeness (QED) is 0.900. The van der Waals surface area contributed by atoms with E-state index in [0.29, 0.717) is 18.2 Å². The molecule has 19 heavy (non-hydrogen) atoms. The maximum Gasteiger partial charge on any atom is 0.335 e. The number of aromatic carboxylic acids is 1. The van der Waals surface area contributed by atoms with Crippen molar-refractivity contribution in [2.45, 2.75) is 19.0 Å². The van der Waals surface area contributed by atoms with Gasteiger partial charge in [0.15, 0.2) is 0 Å². The third kappa shape index (κ3) is 3.30. The zero-order chi connectivity index (χ0) is 14.0. The fraction of sp³-hybridized carbons (Fsp3) is 0.500. The van der Waals surface area contributed by atoms with Gasteiger partial charge in [-0.1, -0.05) is 0 Å². The second-order valence-corrected chi connectivity index (χ2v) is 5.25. The lowest BCUT2D eigenvalue weighted by molar-refractivity contribution is 0.0696. The predicted octanol–water partition coefficient (Wildman–Crippen LogP) is 1.66. The van der Waals surface area contributed by atoms with Crippen molar-refractivity contribution in [1.82, 2.24) is 9.80 Å². The van der Waals surface area contributed by atoms with Gasteiger partial charge in [-0.15, -0.1) is 0 Å². The minimum Gasteiger partial charge on any atom is -0.478 e. The van der Waals surface area contributed by atoms with E-state index in [9.17, 15) is 9.18 Å². The molecule has 0 aromatic heterocycles. The van der Waals surface area contributed by atoms with Crippen LogP contribution < -0.4 is 0 Å². The summed E-state index contributed by atoms with van der Waals surface area (Å²) in [6.07, 6.45) is 1.06. The number of rotatable bonds is 4. The van der Waals surface area contributed by atoms with Crippen LogP contribution >= 0.6 is 0 Å². The summed E-state index contributed by atoms with van der Waals surface area (Å²) in [6, 6.07) is 4.46. The molecule has 2 rings (SSSR count). The number of hydrogen-bond donors (Lipinski definition) is 1. The summed E-state index contributed by atoms with van der Waals surface area (Å²) in [4.78, 5) is 15.2. The van der Waals surface area contributed by atoms with E-state index in [2.05, 4.69) is 9.80 Å². The number of halogens is 1. The second kappa shape index (κ2) is 5.67. The van der Waals surface area contributed by atoms with E-state index >= 15 is 0 Å². The molecule has 0 bridgehead atoms. The molecule has 1 saturated heterocycles. The molecule has 0 aliphatic carbocycles. The summed E-state index contributed by atoms with van der Waals surface area (Å²) in [5, 5.41) is 8.93. The fourth-order valence-electron chi connectivity index (χ4n) is 2.45. The van der Waals surface area contributed by atoms with Crippen molar-refractivity contribution in [3.8, 4) is 0 Å². The van der Waals surface area contributed by atoms with Crippen molar-refractivity contribution >= 4 is 5.97 Å². The smallest absolute Gasteiger partial charge is 0.335 e. The van der Waals surface area contributed by atoms with Crippen molar-refractivity contribution in [2.24, 2.45) is 0 Å². The Balaban J connectivity index is 2.07. The number of carboxylic acids is 1. The zero-order valence-electron chi connectivity index (χ0n) is 11.3. The highest BCUT2D eigenvalue weighted by Gasteiger charge is 2.24. The first-order valence-electron chi connectivity index (χ1n) is 6.38. The van der Waals surface area contributed by atoms with E-state index in [1.54, 1.807) is 0 Å². The van der Waals surface area contributed by atoms with Crippen LogP contribution in [0.4, 0.5) is 4.39 Å². The lowest BCUT2D eigenvalue weighted by Gasteiger charge is -2.20. The first kappa shape index (κ1) is 14.0. The number of likely N-dealkylation sites (tertiary alicyclic amines) is 1. The number of nitrogens with zero attached hydrogens (tertiary/aromatic N) is 2. The monoisotopic (exact) mass is 266 g/mol. The lowest BCUT2D eigenvalue weighted by atomic mass is 10.1. The van der Waals surface area contributed by atoms with Gasteiger partial charge in [-0.3, -0.25) is 4.90 Å². The minimum atomic E-state index is -1.02. The van der Waals surface area contributed by atoms with Crippen molar-refractivity contribution in [3.05, 3.63) is 35.1 Å². The van der Waals surface area contributed by atoms with Crippen molar-refractivity contribution in [3.63, 3.8) is 0 Å². The van der Waals surface area contributed by atoms with Crippen molar-refractivity contribution < 1.29 is 14.3 Å². The van der Waals surface area contributed by atoms with Gasteiger partial charge < -0.3 is 10.0 Å². The largest absolute Gasteiger partial charge is 0.478 e. The highest BCUT2D eigenvalue weighted by atomic mass is 19.1. The average Bonchev–Trinajstić information content (AvgIpc) is 2.80. The van der Waals surface area contributed by atoms with Gasteiger partial charge in [0.25, 0.3) is 0 Å². The number of benzene rings is 1. The Bertz CT molecular complexity index is 477. The Morgan fingerprint density at radius 3 is 2.84 bits per heavy atom. The summed E-state index contributed by atoms with van der Waals surface area (Å²) in [5.41, 5.74) is 0.596. The molecule has 1 unspecified atom stereocenters. The molecule has 4 nitrogen and oxygen atoms in total. The van der Waals surface area contributed by atoms with E-state index in [-0.39, 0.29) is 11.4 Å². The molecule has 5 heteroatoms. The first-order chi connectivity index (χ1) is 8.97. The molecule has 1 aromatic rings. The Kier molecular flexibility index (Phi) is 4.17. The molecule has 0 amide bonds. The lowest BCUT2D eigenvalue weighted by Crippen LogP contribution is -2.31. The van der Waals surface area contributed by atoms with Crippen molar-refractivity contribution in [2.75, 3.05) is 27.2 Å². The fourth-order valence-corrected chi connectivity index (χ4v) is 2.45. The SMILES string of the molecule is CN(C)C1CCN(Cc2cc(C(=O)O)ccc2F)C1. The van der Waals surface area contributed by atoms with E-state index in [1.807, 2.05) is 14.1 Å². The van der Waals surface area contributed by atoms with Gasteiger partial charge in [-0.25, -0.2) is 9.18 Å². The summed E-state index contributed by atoms with van der Waals surface area (Å²) in [5.74, 6) is -1.35. The van der Waals surface area contributed by atoms with Crippen LogP contribution in [-0.2, 0) is 6.54 Å². The molecule has 1 heterocycles. The van der Waals surface area contributed by atoms with Gasteiger partial charge in [-0.05, 0) is 38.7 Å². The third-order valence-electron chi connectivity index (χ3n) is 3.66. The van der Waals surface area contributed by atoms with Gasteiger partial charge >= 0.3 is 5.97 Å². The summed E-state index contributed by atoms with van der Waals surface area (Å²) in [6.45, 7) is 2.28. The minimum absolute atomic E-state index is 0.139. The molecular weight excluding hydrogens is 247 g/mol. The number of carbonyl (C=O) groups is 1. The van der Waals surface area contributed by atoms with Gasteiger partial charge in [0.05, 0.1) is 5.56 Å². The van der Waals surface area contributed by atoms with Crippen LogP contribution in [0.1, 0.15) is 22.3 Å². The normalized spacial score (nSPS) is 20.1. The van der Waals surface area contributed by atoms with Gasteiger partial charge in [-0.2, -0.15) is 0 Å². The molecular formula is C14H19FN2O2. The van der Waals surface area contributed by atoms with Crippen LogP contribution in [0.2, 0.25) is 0 Å². The van der Waals surface area contributed by atoms with Crippen LogP contribution in [-0.4, -0.2) is 54.1 Å². The number of hydrogen-bond acceptors (Lipinski definition) is 3. The summed E-state index contributed by atoms with van der Waals surface area (Å²) < 4.78 is 13.7. The van der Waals surface area contributed by atoms with E-state index in [4.69, 9.17) is 5.11 Å². The average molecular weight is 266 g/mol. The highest BCUT2D eigenvalue weighted by Crippen LogP contribution is 2.19. The zero-order valence-corrected chi connectivity index (χ0v) is 11.3. The standard InChI is InChI=1S/C14H19FN2O2/c1-16(2)12-5-6-17(9-12)8-11-7-10(14(18)19)3-4-13(11)15/h3-4,7,12H,5-6,8-9H2,1-2H3,(H,18,19). The third-order valence-corrected chi connectivity index (χ3v) is 3.66. The van der Waals surface area contributed by atoms with Crippen LogP contribution in [0.5, 0.6) is 0 Å². The Hall–Kier alpha value is -1.46. The predicted molar refractivity (Wildman–Crippen MR) is 70.7 cm³/mol. The van der Waals surface area contributed by atoms with Gasteiger partial charge in [0.2, 0.25) is 0 Å². The van der Waals surface area contributed by atoms with Crippen molar-refractivity contribution in [1.29, 1.82) is 0 Å². The molecule has 104 valence electrons. The van der Waals surface area contributed by atoms with E-state index in [0.717, 1.165) is 19.5 Å². The summed E-state index contributed by atoms with van der Waals surface area (Å²) in [7, 11) is 4.08. The summed E-state index contributed by atoms with van der Waals surface area (Å²) >= 11 is 0. The number of carboxylic acid groups (broad SMARTS) is 1. The van der Waals surface area contributed by atoms with Crippen LogP contribution in [0.25, 0.3) is 0 Å². The molecule has 1 aliphatic heterocycles. The topological polar surface area (TPSA) is 43.8 Å². The van der Waals surface area contributed by atoms with Crippen LogP contribution in [0, 0.1) is 5.82 Å². The first-order valence-corrected chi connectivity index (χ1v) is 6.38. The highest BCUT2D eigenvalue weighted by molar-refractivity contribution is 5.87. The maximum atomic E-state index is 13.7. The van der Waals surface area contributed by atoms with Gasteiger partial charge in [0.1, 0.15) is 5.82 Å². The Morgan fingerprint density at radius 1 is 1.53 bits per heavy atom. The van der Waals surface area contributed by atoms with E-state index < -0.39 is 5.97 Å². The maximum absolute atomic E-state index is 13.7. The molecule has 1 atom stereocenters. The molecule has 1 aliphatic rings. The molecule has 1 N–H and O–H groups in total. The Morgan fingerprint density at radius 2 is 2.26 bits per heavy atom. The van der Waals surface area contributed by atoms with Crippen LogP contribution in [0.15, 0.2) is 18.2 Å². The molecule has 0 saturated carbocycles. The molecule has 0 radical (unpaired) electrons. The molecule has 0 spiro atoms. The molecule has 1 aromatic carbocycles. The Labute approximate surface area is 112 Å². The van der Waals surface area contributed by atoms with Gasteiger partial charge in [0, 0.05) is 31.2 Å². The number of likely N-dealkylation sites (N-methyl/N-ethyl adjacent to an activating group) is 1. The van der Waals surface area contributed by atoms with Crippen LogP contribution in [0.3, 0.4) is 0 Å². The second-order valence-electron chi connectivity index (χ2n) is 5.25. The molecule has 1 fully saturated rings.